The molecule has 3 nitrogen and oxygen atoms in total. The van der Waals surface area contributed by atoms with E-state index in [2.05, 4.69) is 16.4 Å². The van der Waals surface area contributed by atoms with E-state index in [-0.39, 0.29) is 42.5 Å². The van der Waals surface area contributed by atoms with Gasteiger partial charge in [-0.2, -0.15) is 13.2 Å². The minimum Gasteiger partial charge on any atom is -0.380 e. The minimum atomic E-state index is -4.53. The fourth-order valence-corrected chi connectivity index (χ4v) is 8.01. The largest absolute Gasteiger partial charge is 0.417 e. The van der Waals surface area contributed by atoms with Gasteiger partial charge in [0.1, 0.15) is 6.61 Å². The zero-order valence-corrected chi connectivity index (χ0v) is 17.7. The van der Waals surface area contributed by atoms with E-state index in [9.17, 15) is 23.1 Å². The summed E-state index contributed by atoms with van der Waals surface area (Å²) < 4.78 is 45.0. The van der Waals surface area contributed by atoms with Crippen LogP contribution in [0.25, 0.3) is 0 Å². The van der Waals surface area contributed by atoms with Gasteiger partial charge in [-0.05, 0) is 92.8 Å². The van der Waals surface area contributed by atoms with Gasteiger partial charge in [0.25, 0.3) is 0 Å². The van der Waals surface area contributed by atoms with E-state index in [0.29, 0.717) is 30.1 Å². The van der Waals surface area contributed by atoms with E-state index in [1.54, 1.807) is 0 Å². The molecule has 0 aromatic heterocycles. The molecule has 9 atom stereocenters. The Morgan fingerprint density at radius 1 is 1.07 bits per heavy atom. The van der Waals surface area contributed by atoms with Gasteiger partial charge in [-0.3, -0.25) is 4.79 Å². The molecule has 0 aromatic rings. The standard InChI is InChI=1S/C21H32F3O3P/c1-19-8-6-14-13-7-9-20(26,21(22,23)24)10-12(13)2-3-15(14)16(19)4-5-17(19)18(25)11-27-28/h12-17,26H,2-11,28H2,1H3/t12-,13+,14-,15-,16+,17-,19+,20-/m1/s1. The Hall–Kier alpha value is -0.190. The second kappa shape index (κ2) is 7.20. The lowest BCUT2D eigenvalue weighted by Gasteiger charge is -2.57. The highest BCUT2D eigenvalue weighted by molar-refractivity contribution is 7.09. The smallest absolute Gasteiger partial charge is 0.380 e. The second-order valence-electron chi connectivity index (χ2n) is 10.2. The Labute approximate surface area is 167 Å². The summed E-state index contributed by atoms with van der Waals surface area (Å²) in [6, 6.07) is 0. The van der Waals surface area contributed by atoms with Gasteiger partial charge < -0.3 is 9.63 Å². The number of rotatable bonds is 3. The van der Waals surface area contributed by atoms with Crippen molar-refractivity contribution >= 4 is 15.2 Å². The molecule has 4 fully saturated rings. The molecule has 1 unspecified atom stereocenters. The summed E-state index contributed by atoms with van der Waals surface area (Å²) in [7, 11) is 2.16. The molecule has 4 aliphatic rings. The first kappa shape index (κ1) is 21.1. The fourth-order valence-electron chi connectivity index (χ4n) is 7.85. The van der Waals surface area contributed by atoms with E-state index in [4.69, 9.17) is 4.52 Å². The highest BCUT2D eigenvalue weighted by Gasteiger charge is 2.62. The van der Waals surface area contributed by atoms with Crippen molar-refractivity contribution in [2.24, 2.45) is 40.9 Å². The molecule has 160 valence electrons. The van der Waals surface area contributed by atoms with Crippen molar-refractivity contribution in [3.63, 3.8) is 0 Å². The van der Waals surface area contributed by atoms with Crippen molar-refractivity contribution in [2.45, 2.75) is 76.5 Å². The molecule has 0 aliphatic heterocycles. The second-order valence-corrected chi connectivity index (χ2v) is 10.5. The van der Waals surface area contributed by atoms with Gasteiger partial charge in [0, 0.05) is 15.4 Å². The monoisotopic (exact) mass is 420 g/mol. The Bertz CT molecular complexity index is 627. The zero-order chi connectivity index (χ0) is 20.3. The van der Waals surface area contributed by atoms with Crippen LogP contribution in [0.2, 0.25) is 0 Å². The summed E-state index contributed by atoms with van der Waals surface area (Å²) in [4.78, 5) is 12.6. The van der Waals surface area contributed by atoms with Gasteiger partial charge >= 0.3 is 6.18 Å². The van der Waals surface area contributed by atoms with Crippen LogP contribution in [0.15, 0.2) is 0 Å². The third kappa shape index (κ3) is 3.17. The van der Waals surface area contributed by atoms with Crippen molar-refractivity contribution in [1.29, 1.82) is 0 Å². The van der Waals surface area contributed by atoms with Crippen LogP contribution in [0.5, 0.6) is 0 Å². The number of hydrogen-bond acceptors (Lipinski definition) is 3. The van der Waals surface area contributed by atoms with Crippen molar-refractivity contribution in [3.8, 4) is 0 Å². The molecule has 0 saturated heterocycles. The molecule has 1 N–H and O–H groups in total. The highest BCUT2D eigenvalue weighted by atomic mass is 31.0. The van der Waals surface area contributed by atoms with Crippen molar-refractivity contribution in [2.75, 3.05) is 6.61 Å². The highest BCUT2D eigenvalue weighted by Crippen LogP contribution is 2.65. The zero-order valence-electron chi connectivity index (χ0n) is 16.5. The lowest BCUT2D eigenvalue weighted by molar-refractivity contribution is -0.282. The summed E-state index contributed by atoms with van der Waals surface area (Å²) >= 11 is 0. The molecule has 0 heterocycles. The van der Waals surface area contributed by atoms with Crippen LogP contribution in [0, 0.1) is 40.9 Å². The van der Waals surface area contributed by atoms with Gasteiger partial charge in [-0.25, -0.2) is 0 Å². The minimum absolute atomic E-state index is 0.00958. The van der Waals surface area contributed by atoms with Crippen molar-refractivity contribution in [1.82, 2.24) is 0 Å². The maximum atomic E-state index is 13.3. The predicted octanol–water partition coefficient (Wildman–Crippen LogP) is 4.92. The molecule has 4 saturated carbocycles. The number of hydrogen-bond donors (Lipinski definition) is 1. The maximum absolute atomic E-state index is 13.3. The van der Waals surface area contributed by atoms with Gasteiger partial charge in [-0.1, -0.05) is 6.92 Å². The first-order valence-electron chi connectivity index (χ1n) is 10.7. The topological polar surface area (TPSA) is 46.5 Å². The molecule has 0 radical (unpaired) electrons. The van der Waals surface area contributed by atoms with Gasteiger partial charge in [0.05, 0.1) is 0 Å². The van der Waals surface area contributed by atoms with Crippen LogP contribution in [-0.2, 0) is 9.32 Å². The number of ketones is 1. The van der Waals surface area contributed by atoms with E-state index < -0.39 is 11.8 Å². The average molecular weight is 420 g/mol. The molecular formula is C21H32F3O3P. The lowest BCUT2D eigenvalue weighted by Crippen LogP contribution is -2.55. The van der Waals surface area contributed by atoms with Gasteiger partial charge in [0.2, 0.25) is 0 Å². The first-order valence-corrected chi connectivity index (χ1v) is 11.2. The van der Waals surface area contributed by atoms with Gasteiger partial charge in [0.15, 0.2) is 11.4 Å². The number of aliphatic hydroxyl groups is 1. The van der Waals surface area contributed by atoms with E-state index in [0.717, 1.165) is 38.5 Å². The Morgan fingerprint density at radius 3 is 2.46 bits per heavy atom. The Kier molecular flexibility index (Phi) is 5.41. The van der Waals surface area contributed by atoms with Gasteiger partial charge in [-0.15, -0.1) is 0 Å². The molecule has 4 aliphatic carbocycles. The quantitative estimate of drug-likeness (QED) is 0.659. The number of Topliss-reactive ketones (excluding diaryl/α,β-unsaturated/α-hetero) is 1. The predicted molar refractivity (Wildman–Crippen MR) is 102 cm³/mol. The number of halogens is 3. The molecule has 7 heteroatoms. The van der Waals surface area contributed by atoms with Crippen LogP contribution in [0.4, 0.5) is 13.2 Å². The Balaban J connectivity index is 1.50. The van der Waals surface area contributed by atoms with E-state index in [1.165, 1.54) is 0 Å². The number of fused-ring (bicyclic) bond motifs is 5. The first-order chi connectivity index (χ1) is 13.1. The van der Waals surface area contributed by atoms with Crippen LogP contribution in [0.3, 0.4) is 0 Å². The summed E-state index contributed by atoms with van der Waals surface area (Å²) in [5.74, 6) is 2.01. The summed E-state index contributed by atoms with van der Waals surface area (Å²) in [5.41, 5.74) is -2.48. The van der Waals surface area contributed by atoms with Crippen LogP contribution >= 0.6 is 9.47 Å². The molecule has 0 aromatic carbocycles. The third-order valence-corrected chi connectivity index (χ3v) is 9.32. The maximum Gasteiger partial charge on any atom is 0.417 e. The molecule has 28 heavy (non-hydrogen) atoms. The molecular weight excluding hydrogens is 388 g/mol. The number of carbonyl (C=O) groups is 1. The summed E-state index contributed by atoms with van der Waals surface area (Å²) in [5, 5.41) is 10.2. The Morgan fingerprint density at radius 2 is 1.79 bits per heavy atom. The number of carbonyl (C=O) groups excluding carboxylic acids is 1. The van der Waals surface area contributed by atoms with Crippen LogP contribution in [0.1, 0.15) is 64.7 Å². The molecule has 4 rings (SSSR count). The van der Waals surface area contributed by atoms with Crippen molar-refractivity contribution in [3.05, 3.63) is 0 Å². The van der Waals surface area contributed by atoms with E-state index in [1.807, 2.05) is 0 Å². The van der Waals surface area contributed by atoms with Crippen LogP contribution in [-0.4, -0.2) is 29.3 Å². The molecule has 0 bridgehead atoms. The fraction of sp³-hybridized carbons (Fsp3) is 0.952. The normalized spacial score (nSPS) is 48.5. The van der Waals surface area contributed by atoms with Crippen molar-refractivity contribution < 1.29 is 27.6 Å². The lowest BCUT2D eigenvalue weighted by atomic mass is 9.49. The molecule has 0 spiro atoms. The molecule has 0 amide bonds. The van der Waals surface area contributed by atoms with Crippen LogP contribution < -0.4 is 0 Å². The third-order valence-electron chi connectivity index (χ3n) is 9.15. The summed E-state index contributed by atoms with van der Waals surface area (Å²) in [6.45, 7) is 2.41. The average Bonchev–Trinajstić information content (AvgIpc) is 2.98. The summed E-state index contributed by atoms with van der Waals surface area (Å²) in [6.07, 6.45) is 1.36. The number of alkyl halides is 3. The van der Waals surface area contributed by atoms with E-state index >= 15 is 0 Å². The SMILES string of the molecule is C[C@]12CC[C@H]3[C@@H](CC[C@@H]4C[C@@](O)(C(F)(F)F)CC[C@@H]43)[C@@H]1CC[C@@H]2C(=O)COP.